The molecule has 1 atom stereocenters. The molecule has 0 N–H and O–H groups in total. The number of rotatable bonds is 7. The summed E-state index contributed by atoms with van der Waals surface area (Å²) in [6, 6.07) is 14.3. The Bertz CT molecular complexity index is 1210. The first-order chi connectivity index (χ1) is 16.4. The Balaban J connectivity index is 1.86. The predicted octanol–water partition coefficient (Wildman–Crippen LogP) is 6.56. The number of fused-ring (bicyclic) bond motifs is 1. The Morgan fingerprint density at radius 3 is 2.44 bits per heavy atom. The van der Waals surface area contributed by atoms with Gasteiger partial charge in [-0.05, 0) is 56.4 Å². The minimum Gasteiger partial charge on any atom is -0.333 e. The smallest absolute Gasteiger partial charge is 0.266 e. The molecule has 0 radical (unpaired) electrons. The minimum atomic E-state index is -0.373. The molecule has 0 aliphatic heterocycles. The van der Waals surface area contributed by atoms with Gasteiger partial charge >= 0.3 is 0 Å². The van der Waals surface area contributed by atoms with Crippen LogP contribution in [0, 0.1) is 11.8 Å². The first-order valence-electron chi connectivity index (χ1n) is 12.5. The number of halogens is 1. The zero-order chi connectivity index (χ0) is 24.2. The van der Waals surface area contributed by atoms with E-state index >= 15 is 0 Å². The molecule has 3 aromatic rings. The second kappa shape index (κ2) is 10.7. The number of benzene rings is 2. The van der Waals surface area contributed by atoms with E-state index in [-0.39, 0.29) is 23.4 Å². The lowest BCUT2D eigenvalue weighted by Crippen LogP contribution is -2.42. The van der Waals surface area contributed by atoms with Crippen LogP contribution < -0.4 is 5.56 Å². The normalized spacial score (nSPS) is 15.6. The van der Waals surface area contributed by atoms with E-state index in [2.05, 4.69) is 13.8 Å². The second-order valence-electron chi connectivity index (χ2n) is 9.80. The van der Waals surface area contributed by atoms with Gasteiger partial charge in [-0.25, -0.2) is 4.98 Å². The van der Waals surface area contributed by atoms with Gasteiger partial charge in [-0.1, -0.05) is 69.0 Å². The molecular formula is C28H34ClN3O2. The van der Waals surface area contributed by atoms with Gasteiger partial charge in [0.2, 0.25) is 5.91 Å². The van der Waals surface area contributed by atoms with Crippen LogP contribution in [0.4, 0.5) is 0 Å². The fourth-order valence-electron chi connectivity index (χ4n) is 4.91. The maximum absolute atomic E-state index is 13.8. The summed E-state index contributed by atoms with van der Waals surface area (Å²) < 4.78 is 1.60. The first-order valence-corrected chi connectivity index (χ1v) is 12.8. The zero-order valence-corrected chi connectivity index (χ0v) is 21.1. The predicted molar refractivity (Wildman–Crippen MR) is 139 cm³/mol. The highest BCUT2D eigenvalue weighted by molar-refractivity contribution is 6.32. The van der Waals surface area contributed by atoms with Gasteiger partial charge < -0.3 is 4.90 Å². The number of para-hydroxylation sites is 2. The number of hydrogen-bond acceptors (Lipinski definition) is 3. The highest BCUT2D eigenvalue weighted by Gasteiger charge is 2.32. The summed E-state index contributed by atoms with van der Waals surface area (Å²) in [6.45, 7) is 6.97. The van der Waals surface area contributed by atoms with Crippen molar-refractivity contribution in [3.63, 3.8) is 0 Å². The van der Waals surface area contributed by atoms with E-state index in [0.29, 0.717) is 39.9 Å². The first kappa shape index (κ1) is 24.5. The molecule has 1 aliphatic rings. The lowest BCUT2D eigenvalue weighted by molar-refractivity contribution is -0.139. The molecule has 0 spiro atoms. The fourth-order valence-corrected chi connectivity index (χ4v) is 5.13. The summed E-state index contributed by atoms with van der Waals surface area (Å²) in [5, 5.41) is 1.01. The maximum Gasteiger partial charge on any atom is 0.266 e. The standard InChI is InChI=1S/C28H34ClN3O2/c1-19(2)17-18-31(27(33)21-11-5-4-6-12-21)20(3)26-30-24-15-9-7-13-22(24)28(34)32(26)25-16-10-8-14-23(25)29/h7-10,13-16,19-21H,4-6,11-12,17-18H2,1-3H3. The van der Waals surface area contributed by atoms with Crippen LogP contribution in [0.3, 0.4) is 0 Å². The van der Waals surface area contributed by atoms with Crippen molar-refractivity contribution >= 4 is 28.4 Å². The Morgan fingerprint density at radius 2 is 1.74 bits per heavy atom. The van der Waals surface area contributed by atoms with Gasteiger partial charge in [0.1, 0.15) is 5.82 Å². The summed E-state index contributed by atoms with van der Waals surface area (Å²) in [4.78, 5) is 34.4. The minimum absolute atomic E-state index is 0.0457. The number of hydrogen-bond donors (Lipinski definition) is 0. The van der Waals surface area contributed by atoms with E-state index in [0.717, 1.165) is 32.1 Å². The van der Waals surface area contributed by atoms with Crippen molar-refractivity contribution in [1.82, 2.24) is 14.5 Å². The van der Waals surface area contributed by atoms with E-state index in [9.17, 15) is 9.59 Å². The third-order valence-electron chi connectivity index (χ3n) is 6.92. The third kappa shape index (κ3) is 5.05. The average molecular weight is 480 g/mol. The van der Waals surface area contributed by atoms with E-state index in [4.69, 9.17) is 16.6 Å². The number of amides is 1. The fraction of sp³-hybridized carbons (Fsp3) is 0.464. The van der Waals surface area contributed by atoms with E-state index in [1.165, 1.54) is 6.42 Å². The summed E-state index contributed by atoms with van der Waals surface area (Å²) >= 11 is 6.56. The molecule has 6 heteroatoms. The highest BCUT2D eigenvalue weighted by Crippen LogP contribution is 2.31. The Labute approximate surface area is 206 Å². The van der Waals surface area contributed by atoms with Crippen molar-refractivity contribution in [2.75, 3.05) is 6.54 Å². The van der Waals surface area contributed by atoms with Gasteiger partial charge in [-0.15, -0.1) is 0 Å². The second-order valence-corrected chi connectivity index (χ2v) is 10.2. The lowest BCUT2D eigenvalue weighted by Gasteiger charge is -2.35. The maximum atomic E-state index is 13.8. The van der Waals surface area contributed by atoms with E-state index in [1.54, 1.807) is 16.7 Å². The summed E-state index contributed by atoms with van der Waals surface area (Å²) in [5.41, 5.74) is 1.05. The molecule has 1 fully saturated rings. The molecule has 5 nitrogen and oxygen atoms in total. The number of carbonyl (C=O) groups excluding carboxylic acids is 1. The van der Waals surface area contributed by atoms with Crippen molar-refractivity contribution in [2.45, 2.75) is 65.3 Å². The number of carbonyl (C=O) groups is 1. The van der Waals surface area contributed by atoms with Crippen molar-refractivity contribution in [1.29, 1.82) is 0 Å². The molecule has 1 aromatic heterocycles. The Kier molecular flexibility index (Phi) is 7.72. The molecule has 1 aliphatic carbocycles. The van der Waals surface area contributed by atoms with Gasteiger partial charge in [0.25, 0.3) is 5.56 Å². The summed E-state index contributed by atoms with van der Waals surface area (Å²) in [5.74, 6) is 1.24. The van der Waals surface area contributed by atoms with E-state index in [1.807, 2.05) is 48.2 Å². The van der Waals surface area contributed by atoms with Crippen molar-refractivity contribution in [3.8, 4) is 5.69 Å². The third-order valence-corrected chi connectivity index (χ3v) is 7.24. The molecule has 1 unspecified atom stereocenters. The quantitative estimate of drug-likeness (QED) is 0.385. The SMILES string of the molecule is CC(C)CCN(C(=O)C1CCCCC1)C(C)c1nc2ccccc2c(=O)n1-c1ccccc1Cl. The van der Waals surface area contributed by atoms with Gasteiger partial charge in [-0.3, -0.25) is 14.2 Å². The van der Waals surface area contributed by atoms with Crippen molar-refractivity contribution in [2.24, 2.45) is 11.8 Å². The zero-order valence-electron chi connectivity index (χ0n) is 20.3. The Morgan fingerprint density at radius 1 is 1.06 bits per heavy atom. The molecule has 1 heterocycles. The lowest BCUT2D eigenvalue weighted by atomic mass is 9.87. The molecule has 0 saturated heterocycles. The molecule has 1 saturated carbocycles. The number of nitrogens with zero attached hydrogens (tertiary/aromatic N) is 3. The summed E-state index contributed by atoms with van der Waals surface area (Å²) in [6.07, 6.45) is 6.16. The van der Waals surface area contributed by atoms with Gasteiger partial charge in [0.05, 0.1) is 27.7 Å². The molecule has 1 amide bonds. The molecule has 180 valence electrons. The monoisotopic (exact) mass is 479 g/mol. The molecule has 0 bridgehead atoms. The van der Waals surface area contributed by atoms with Gasteiger partial charge in [-0.2, -0.15) is 0 Å². The van der Waals surface area contributed by atoms with Crippen LogP contribution in [0.2, 0.25) is 5.02 Å². The summed E-state index contributed by atoms with van der Waals surface area (Å²) in [7, 11) is 0. The van der Waals surface area contributed by atoms with Gasteiger partial charge in [0.15, 0.2) is 0 Å². The molecule has 2 aromatic carbocycles. The van der Waals surface area contributed by atoms with E-state index < -0.39 is 0 Å². The molecule has 34 heavy (non-hydrogen) atoms. The van der Waals surface area contributed by atoms with Crippen LogP contribution in [0.15, 0.2) is 53.3 Å². The van der Waals surface area contributed by atoms with Crippen molar-refractivity contribution in [3.05, 3.63) is 69.7 Å². The Hall–Kier alpha value is -2.66. The molecular weight excluding hydrogens is 446 g/mol. The largest absolute Gasteiger partial charge is 0.333 e. The van der Waals surface area contributed by atoms with Crippen LogP contribution >= 0.6 is 11.6 Å². The van der Waals surface area contributed by atoms with Crippen molar-refractivity contribution < 1.29 is 4.79 Å². The van der Waals surface area contributed by atoms with Crippen LogP contribution in [0.25, 0.3) is 16.6 Å². The van der Waals surface area contributed by atoms with Crippen LogP contribution in [0.1, 0.15) is 71.2 Å². The average Bonchev–Trinajstić information content (AvgIpc) is 2.85. The van der Waals surface area contributed by atoms with Crippen LogP contribution in [-0.2, 0) is 4.79 Å². The topological polar surface area (TPSA) is 55.2 Å². The van der Waals surface area contributed by atoms with Gasteiger partial charge in [0, 0.05) is 12.5 Å². The number of aromatic nitrogens is 2. The molecule has 4 rings (SSSR count). The highest BCUT2D eigenvalue weighted by atomic mass is 35.5. The van der Waals surface area contributed by atoms with Crippen LogP contribution in [-0.4, -0.2) is 26.9 Å². The van der Waals surface area contributed by atoms with Crippen LogP contribution in [0.5, 0.6) is 0 Å².